The second-order valence-electron chi connectivity index (χ2n) is 11.1. The molecule has 0 spiro atoms. The number of unbranched alkanes of at least 4 members (excludes halogenated alkanes) is 14. The van der Waals surface area contributed by atoms with Crippen LogP contribution < -0.4 is 20.1 Å². The Kier molecular flexibility index (Phi) is 26.9. The van der Waals surface area contributed by atoms with Gasteiger partial charge in [-0.15, -0.1) is 0 Å². The Morgan fingerprint density at radius 3 is 1.20 bits per heavy atom. The van der Waals surface area contributed by atoms with Gasteiger partial charge in [0.1, 0.15) is 0 Å². The molecule has 0 atom stereocenters. The first-order valence-corrected chi connectivity index (χ1v) is 21.0. The molecule has 0 fully saturated rings. The van der Waals surface area contributed by atoms with Crippen molar-refractivity contribution < 1.29 is 9.47 Å². The molecule has 0 aliphatic heterocycles. The highest BCUT2D eigenvalue weighted by atomic mass is 79.9. The van der Waals surface area contributed by atoms with E-state index >= 15 is 0 Å². The van der Waals surface area contributed by atoms with Gasteiger partial charge in [-0.25, -0.2) is 9.97 Å². The highest BCUT2D eigenvalue weighted by Gasteiger charge is 1.99. The Morgan fingerprint density at radius 1 is 0.477 bits per heavy atom. The zero-order valence-electron chi connectivity index (χ0n) is 26.7. The lowest BCUT2D eigenvalue weighted by Crippen LogP contribution is -2.19. The number of aromatic nitrogens is 2. The Morgan fingerprint density at radius 2 is 0.841 bits per heavy atom. The average Bonchev–Trinajstić information content (AvgIpc) is 3.03. The monoisotopic (exact) mass is 774 g/mol. The molecule has 0 aliphatic rings. The summed E-state index contributed by atoms with van der Waals surface area (Å²) in [5.74, 6) is 3.83. The Hall–Kier alpha value is -0.520. The fourth-order valence-corrected chi connectivity index (χ4v) is 7.04. The fourth-order valence-electron chi connectivity index (χ4n) is 4.67. The summed E-state index contributed by atoms with van der Waals surface area (Å²) in [4.78, 5) is 8.48. The largest absolute Gasteiger partial charge is 0.478 e. The molecule has 0 saturated heterocycles. The lowest BCUT2D eigenvalue weighted by Gasteiger charge is -2.07. The van der Waals surface area contributed by atoms with E-state index in [4.69, 9.17) is 9.47 Å². The summed E-state index contributed by atoms with van der Waals surface area (Å²) in [6.45, 7) is 6.10. The number of nitrogens with one attached hydrogen (secondary N) is 2. The van der Waals surface area contributed by atoms with Crippen molar-refractivity contribution in [3.05, 3.63) is 45.6 Å². The van der Waals surface area contributed by atoms with Gasteiger partial charge in [0.05, 0.1) is 13.2 Å². The summed E-state index contributed by atoms with van der Waals surface area (Å²) in [5.41, 5.74) is 0. The van der Waals surface area contributed by atoms with Crippen molar-refractivity contribution in [1.82, 2.24) is 20.6 Å². The second kappa shape index (κ2) is 29.9. The standard InChI is InChI=1S/C34H56Br2N4O2S2/c35-31-17-19-33(39-29-31)41-25-15-11-7-3-1-5-9-13-21-37-23-27-43-44-28-24-38-22-14-10-6-2-4-8-12-16-26-42-34-20-18-32(36)30-40-34/h17-20,29-30,37-38H,1-16,21-28H2. The zero-order chi connectivity index (χ0) is 31.2. The van der Waals surface area contributed by atoms with Crippen LogP contribution in [-0.4, -0.2) is 60.9 Å². The zero-order valence-corrected chi connectivity index (χ0v) is 31.5. The molecule has 0 saturated carbocycles. The summed E-state index contributed by atoms with van der Waals surface area (Å²) in [5, 5.41) is 7.21. The van der Waals surface area contributed by atoms with Crippen LogP contribution in [0.3, 0.4) is 0 Å². The quantitative estimate of drug-likeness (QED) is 0.0580. The van der Waals surface area contributed by atoms with E-state index in [1.165, 1.54) is 101 Å². The minimum atomic E-state index is 0.719. The van der Waals surface area contributed by atoms with Gasteiger partial charge in [0, 0.05) is 58.1 Å². The van der Waals surface area contributed by atoms with E-state index in [9.17, 15) is 0 Å². The molecule has 0 aliphatic carbocycles. The van der Waals surface area contributed by atoms with Crippen LogP contribution in [0.4, 0.5) is 0 Å². The molecule has 0 unspecified atom stereocenters. The van der Waals surface area contributed by atoms with Crippen molar-refractivity contribution in [3.63, 3.8) is 0 Å². The van der Waals surface area contributed by atoms with Gasteiger partial charge < -0.3 is 20.1 Å². The van der Waals surface area contributed by atoms with Crippen LogP contribution in [0, 0.1) is 0 Å². The highest BCUT2D eigenvalue weighted by Crippen LogP contribution is 2.19. The fraction of sp³-hybridized carbons (Fsp3) is 0.706. The molecule has 10 heteroatoms. The maximum Gasteiger partial charge on any atom is 0.213 e. The van der Waals surface area contributed by atoms with Crippen LogP contribution >= 0.6 is 53.4 Å². The predicted molar refractivity (Wildman–Crippen MR) is 199 cm³/mol. The molecule has 2 N–H and O–H groups in total. The number of rotatable bonds is 31. The Labute approximate surface area is 292 Å². The minimum Gasteiger partial charge on any atom is -0.478 e. The highest BCUT2D eigenvalue weighted by molar-refractivity contribution is 9.10. The molecule has 6 nitrogen and oxygen atoms in total. The predicted octanol–water partition coefficient (Wildman–Crippen LogP) is 10.3. The van der Waals surface area contributed by atoms with Crippen molar-refractivity contribution in [1.29, 1.82) is 0 Å². The van der Waals surface area contributed by atoms with Gasteiger partial charge in [0.15, 0.2) is 0 Å². The van der Waals surface area contributed by atoms with Crippen LogP contribution in [0.1, 0.15) is 103 Å². The van der Waals surface area contributed by atoms with E-state index in [0.29, 0.717) is 0 Å². The van der Waals surface area contributed by atoms with Gasteiger partial charge in [-0.2, -0.15) is 0 Å². The maximum absolute atomic E-state index is 5.68. The maximum atomic E-state index is 5.68. The molecule has 0 amide bonds. The summed E-state index contributed by atoms with van der Waals surface area (Å²) in [6.07, 6.45) is 24.3. The van der Waals surface area contributed by atoms with Gasteiger partial charge >= 0.3 is 0 Å². The third-order valence-corrected chi connectivity index (χ3v) is 10.6. The van der Waals surface area contributed by atoms with Gasteiger partial charge in [0.2, 0.25) is 11.8 Å². The van der Waals surface area contributed by atoms with Crippen molar-refractivity contribution in [2.24, 2.45) is 0 Å². The summed E-state index contributed by atoms with van der Waals surface area (Å²) < 4.78 is 13.3. The van der Waals surface area contributed by atoms with Crippen molar-refractivity contribution in [2.75, 3.05) is 50.9 Å². The van der Waals surface area contributed by atoms with Crippen LogP contribution in [0.25, 0.3) is 0 Å². The molecular weight excluding hydrogens is 720 g/mol. The molecule has 0 aromatic carbocycles. The summed E-state index contributed by atoms with van der Waals surface area (Å²) >= 11 is 6.79. The number of pyridine rings is 2. The SMILES string of the molecule is Brc1ccc(OCCCCCCCCCCNCCSSCCNCCCCCCCCCCOc2ccc(Br)cn2)nc1. The number of halogens is 2. The molecule has 44 heavy (non-hydrogen) atoms. The van der Waals surface area contributed by atoms with Gasteiger partial charge in [-0.3, -0.25) is 0 Å². The van der Waals surface area contributed by atoms with Crippen LogP contribution in [-0.2, 0) is 0 Å². The molecule has 2 rings (SSSR count). The first-order valence-electron chi connectivity index (χ1n) is 16.9. The number of nitrogens with zero attached hydrogens (tertiary/aromatic N) is 2. The molecular formula is C34H56Br2N4O2S2. The van der Waals surface area contributed by atoms with Crippen LogP contribution in [0.5, 0.6) is 11.8 Å². The third kappa shape index (κ3) is 24.7. The number of hydrogen-bond acceptors (Lipinski definition) is 8. The lowest BCUT2D eigenvalue weighted by molar-refractivity contribution is 0.293. The van der Waals surface area contributed by atoms with E-state index < -0.39 is 0 Å². The average molecular weight is 777 g/mol. The molecule has 0 radical (unpaired) electrons. The van der Waals surface area contributed by atoms with Gasteiger partial charge in [-0.1, -0.05) is 98.6 Å². The van der Waals surface area contributed by atoms with E-state index in [1.807, 2.05) is 45.9 Å². The first kappa shape index (κ1) is 39.7. The van der Waals surface area contributed by atoms with Crippen molar-refractivity contribution >= 4 is 53.4 Å². The normalized spacial score (nSPS) is 11.2. The van der Waals surface area contributed by atoms with Gasteiger partial charge in [0.25, 0.3) is 0 Å². The molecule has 2 aromatic rings. The summed E-state index contributed by atoms with van der Waals surface area (Å²) in [7, 11) is 4.01. The Balaban J connectivity index is 1.16. The van der Waals surface area contributed by atoms with Gasteiger partial charge in [-0.05, 0) is 82.8 Å². The van der Waals surface area contributed by atoms with E-state index in [0.717, 1.165) is 72.9 Å². The first-order chi connectivity index (χ1) is 21.7. The van der Waals surface area contributed by atoms with Crippen LogP contribution in [0.15, 0.2) is 45.6 Å². The van der Waals surface area contributed by atoms with Crippen molar-refractivity contribution in [3.8, 4) is 11.8 Å². The van der Waals surface area contributed by atoms with E-state index in [-0.39, 0.29) is 0 Å². The van der Waals surface area contributed by atoms with Crippen molar-refractivity contribution in [2.45, 2.75) is 103 Å². The second-order valence-corrected chi connectivity index (χ2v) is 15.7. The summed E-state index contributed by atoms with van der Waals surface area (Å²) in [6, 6.07) is 7.75. The third-order valence-electron chi connectivity index (χ3n) is 7.20. The molecule has 250 valence electrons. The van der Waals surface area contributed by atoms with Crippen LogP contribution in [0.2, 0.25) is 0 Å². The smallest absolute Gasteiger partial charge is 0.213 e. The topological polar surface area (TPSA) is 68.3 Å². The lowest BCUT2D eigenvalue weighted by atomic mass is 10.1. The molecule has 0 bridgehead atoms. The molecule has 2 aromatic heterocycles. The Bertz CT molecular complexity index is 824. The number of ether oxygens (including phenoxy) is 2. The van der Waals surface area contributed by atoms with E-state index in [1.54, 1.807) is 12.4 Å². The molecule has 2 heterocycles. The minimum absolute atomic E-state index is 0.719. The van der Waals surface area contributed by atoms with E-state index in [2.05, 4.69) is 52.5 Å². The number of hydrogen-bond donors (Lipinski definition) is 2.